The second-order valence-corrected chi connectivity index (χ2v) is 9.11. The normalized spacial score (nSPS) is 25.6. The minimum atomic E-state index is -0.703. The van der Waals surface area contributed by atoms with Crippen molar-refractivity contribution in [2.24, 2.45) is 0 Å². The largest absolute Gasteiger partial charge is 0.387 e. The molecule has 166 valence electrons. The first-order chi connectivity index (χ1) is 15.7. The quantitative estimate of drug-likeness (QED) is 0.614. The van der Waals surface area contributed by atoms with Crippen LogP contribution >= 0.6 is 0 Å². The number of hydrogen-bond acceptors (Lipinski definition) is 4. The van der Waals surface area contributed by atoms with Crippen LogP contribution in [0.3, 0.4) is 0 Å². The fourth-order valence-electron chi connectivity index (χ4n) is 5.66. The summed E-state index contributed by atoms with van der Waals surface area (Å²) in [7, 11) is 0. The molecule has 2 N–H and O–H groups in total. The number of aliphatic hydroxyl groups is 2. The van der Waals surface area contributed by atoms with Gasteiger partial charge in [-0.2, -0.15) is 0 Å². The van der Waals surface area contributed by atoms with Crippen LogP contribution in [0.1, 0.15) is 41.7 Å². The highest BCUT2D eigenvalue weighted by molar-refractivity contribution is 5.47. The van der Waals surface area contributed by atoms with E-state index in [2.05, 4.69) is 52.3 Å². The molecule has 3 aromatic rings. The molecule has 5 rings (SSSR count). The van der Waals surface area contributed by atoms with E-state index in [0.29, 0.717) is 0 Å². The molecule has 1 saturated heterocycles. The predicted molar refractivity (Wildman–Crippen MR) is 129 cm³/mol. The van der Waals surface area contributed by atoms with Gasteiger partial charge in [-0.1, -0.05) is 72.8 Å². The van der Waals surface area contributed by atoms with Crippen molar-refractivity contribution in [2.75, 3.05) is 37.6 Å². The number of hydrogen-bond donors (Lipinski definition) is 2. The van der Waals surface area contributed by atoms with Crippen molar-refractivity contribution in [1.82, 2.24) is 4.90 Å². The molecule has 2 atom stereocenters. The van der Waals surface area contributed by atoms with Crippen molar-refractivity contribution < 1.29 is 10.2 Å². The van der Waals surface area contributed by atoms with E-state index in [1.165, 1.54) is 5.69 Å². The van der Waals surface area contributed by atoms with Crippen LogP contribution in [0.15, 0.2) is 84.9 Å². The van der Waals surface area contributed by atoms with E-state index in [1.54, 1.807) is 0 Å². The van der Waals surface area contributed by atoms with Crippen molar-refractivity contribution in [3.8, 4) is 0 Å². The third-order valence-electron chi connectivity index (χ3n) is 7.43. The van der Waals surface area contributed by atoms with Gasteiger partial charge in [0.05, 0.1) is 17.6 Å². The Labute approximate surface area is 190 Å². The van der Waals surface area contributed by atoms with E-state index in [0.717, 1.165) is 62.3 Å². The van der Waals surface area contributed by atoms with Gasteiger partial charge in [0, 0.05) is 31.9 Å². The van der Waals surface area contributed by atoms with Gasteiger partial charge in [0.25, 0.3) is 0 Å². The van der Waals surface area contributed by atoms with Gasteiger partial charge in [0.15, 0.2) is 0 Å². The maximum atomic E-state index is 11.4. The minimum absolute atomic E-state index is 0.698. The molecule has 4 nitrogen and oxygen atoms in total. The molecule has 0 spiro atoms. The highest BCUT2D eigenvalue weighted by atomic mass is 16.3. The number of rotatable bonds is 6. The Morgan fingerprint density at radius 3 is 1.81 bits per heavy atom. The molecular formula is C28H32N2O2. The molecule has 4 heteroatoms. The van der Waals surface area contributed by atoms with E-state index in [4.69, 9.17) is 0 Å². The summed E-state index contributed by atoms with van der Waals surface area (Å²) >= 11 is 0. The summed E-state index contributed by atoms with van der Waals surface area (Å²) in [5, 5.41) is 22.9. The lowest BCUT2D eigenvalue weighted by atomic mass is 9.71. The van der Waals surface area contributed by atoms with Gasteiger partial charge in [-0.25, -0.2) is 0 Å². The lowest BCUT2D eigenvalue weighted by molar-refractivity contribution is -0.00451. The average molecular weight is 429 g/mol. The fraction of sp³-hybridized carbons (Fsp3) is 0.357. The van der Waals surface area contributed by atoms with Gasteiger partial charge in [0.2, 0.25) is 0 Å². The van der Waals surface area contributed by atoms with Crippen molar-refractivity contribution in [1.29, 1.82) is 0 Å². The number of nitrogens with zero attached hydrogens (tertiary/aromatic N) is 2. The molecule has 3 aromatic carbocycles. The van der Waals surface area contributed by atoms with Crippen molar-refractivity contribution in [3.63, 3.8) is 0 Å². The van der Waals surface area contributed by atoms with Gasteiger partial charge in [-0.3, -0.25) is 4.90 Å². The zero-order valence-corrected chi connectivity index (χ0v) is 18.5. The lowest BCUT2D eigenvalue weighted by Gasteiger charge is -2.39. The number of benzene rings is 3. The van der Waals surface area contributed by atoms with Crippen LogP contribution in [0.25, 0.3) is 0 Å². The number of aliphatic hydroxyl groups excluding tert-OH is 2. The summed E-state index contributed by atoms with van der Waals surface area (Å²) in [6, 6.07) is 28.5. The zero-order valence-electron chi connectivity index (χ0n) is 18.5. The molecular weight excluding hydrogens is 396 g/mol. The minimum Gasteiger partial charge on any atom is -0.387 e. The summed E-state index contributed by atoms with van der Waals surface area (Å²) in [5.41, 5.74) is 3.34. The molecule has 1 aliphatic heterocycles. The van der Waals surface area contributed by atoms with Gasteiger partial charge in [-0.15, -0.1) is 0 Å². The van der Waals surface area contributed by atoms with Crippen LogP contribution in [-0.2, 0) is 5.41 Å². The van der Waals surface area contributed by atoms with Crippen LogP contribution < -0.4 is 4.90 Å². The second-order valence-electron chi connectivity index (χ2n) is 9.11. The maximum Gasteiger partial charge on any atom is 0.0918 e. The Balaban J connectivity index is 1.28. The number of fused-ring (bicyclic) bond motifs is 1. The summed E-state index contributed by atoms with van der Waals surface area (Å²) in [6.45, 7) is 5.12. The standard InChI is InChI=1S/C28H32N2O2/c31-26-24-14-7-8-15-25(24)27(32)28(26,22-10-3-1-4-11-22)16-9-17-29-18-20-30(21-19-29)23-12-5-2-6-13-23/h1-8,10-15,26-27,31-32H,9,16-21H2. The van der Waals surface area contributed by atoms with E-state index < -0.39 is 17.6 Å². The first kappa shape index (κ1) is 21.2. The van der Waals surface area contributed by atoms with Gasteiger partial charge < -0.3 is 15.1 Å². The van der Waals surface area contributed by atoms with Crippen LogP contribution in [0, 0.1) is 0 Å². The highest BCUT2D eigenvalue weighted by Gasteiger charge is 2.52. The SMILES string of the molecule is OC1c2ccccc2C(O)C1(CCCN1CCN(c2ccccc2)CC1)c1ccccc1. The molecule has 1 heterocycles. The summed E-state index contributed by atoms with van der Waals surface area (Å²) in [4.78, 5) is 4.96. The van der Waals surface area contributed by atoms with Crippen molar-refractivity contribution in [3.05, 3.63) is 102 Å². The van der Waals surface area contributed by atoms with Crippen molar-refractivity contribution in [2.45, 2.75) is 30.5 Å². The second kappa shape index (κ2) is 9.07. The molecule has 0 radical (unpaired) electrons. The smallest absolute Gasteiger partial charge is 0.0918 e. The number of anilines is 1. The Morgan fingerprint density at radius 1 is 0.688 bits per heavy atom. The summed E-state index contributed by atoms with van der Waals surface area (Å²) < 4.78 is 0. The van der Waals surface area contributed by atoms with Gasteiger partial charge >= 0.3 is 0 Å². The first-order valence-corrected chi connectivity index (χ1v) is 11.7. The lowest BCUT2D eigenvalue weighted by Crippen LogP contribution is -2.47. The molecule has 2 aliphatic rings. The van der Waals surface area contributed by atoms with Gasteiger partial charge in [0.1, 0.15) is 0 Å². The van der Waals surface area contributed by atoms with E-state index in [1.807, 2.05) is 42.5 Å². The fourth-order valence-corrected chi connectivity index (χ4v) is 5.66. The third-order valence-corrected chi connectivity index (χ3v) is 7.43. The Kier molecular flexibility index (Phi) is 6.01. The Hall–Kier alpha value is -2.66. The maximum absolute atomic E-state index is 11.4. The molecule has 2 unspecified atom stereocenters. The van der Waals surface area contributed by atoms with E-state index in [9.17, 15) is 10.2 Å². The average Bonchev–Trinajstić information content (AvgIpc) is 3.08. The van der Waals surface area contributed by atoms with Crippen LogP contribution in [0.5, 0.6) is 0 Å². The molecule has 1 fully saturated rings. The summed E-state index contributed by atoms with van der Waals surface area (Å²) in [5.74, 6) is 0. The molecule has 32 heavy (non-hydrogen) atoms. The Bertz CT molecular complexity index is 987. The molecule has 0 saturated carbocycles. The monoisotopic (exact) mass is 428 g/mol. The van der Waals surface area contributed by atoms with Crippen LogP contribution in [0.4, 0.5) is 5.69 Å². The highest BCUT2D eigenvalue weighted by Crippen LogP contribution is 2.56. The molecule has 0 aromatic heterocycles. The van der Waals surface area contributed by atoms with Gasteiger partial charge in [-0.05, 0) is 48.2 Å². The van der Waals surface area contributed by atoms with Crippen LogP contribution in [-0.4, -0.2) is 47.8 Å². The molecule has 0 amide bonds. The molecule has 0 bridgehead atoms. The summed E-state index contributed by atoms with van der Waals surface area (Å²) in [6.07, 6.45) is 0.270. The zero-order chi connectivity index (χ0) is 22.0. The molecule has 1 aliphatic carbocycles. The van der Waals surface area contributed by atoms with E-state index >= 15 is 0 Å². The number of para-hydroxylation sites is 1. The predicted octanol–water partition coefficient (Wildman–Crippen LogP) is 4.31. The number of piperazine rings is 1. The first-order valence-electron chi connectivity index (χ1n) is 11.7. The topological polar surface area (TPSA) is 46.9 Å². The third kappa shape index (κ3) is 3.73. The Morgan fingerprint density at radius 2 is 1.22 bits per heavy atom. The van der Waals surface area contributed by atoms with Crippen LogP contribution in [0.2, 0.25) is 0 Å². The van der Waals surface area contributed by atoms with E-state index in [-0.39, 0.29) is 0 Å². The van der Waals surface area contributed by atoms with Crippen molar-refractivity contribution >= 4 is 5.69 Å².